The van der Waals surface area contributed by atoms with Gasteiger partial charge in [0.15, 0.2) is 0 Å². The summed E-state index contributed by atoms with van der Waals surface area (Å²) in [5.41, 5.74) is 1.02. The minimum Gasteiger partial charge on any atom is -0.487 e. The van der Waals surface area contributed by atoms with Crippen LogP contribution in [0.4, 0.5) is 14.5 Å². The smallest absolute Gasteiger partial charge is 0.276 e. The minimum atomic E-state index is -0.765. The monoisotopic (exact) mass is 355 g/mol. The molecule has 0 unspecified atom stereocenters. The lowest BCUT2D eigenvalue weighted by Gasteiger charge is -2.27. The molecule has 0 bridgehead atoms. The van der Waals surface area contributed by atoms with E-state index in [0.29, 0.717) is 23.7 Å². The van der Waals surface area contributed by atoms with E-state index < -0.39 is 11.6 Å². The zero-order valence-electron chi connectivity index (χ0n) is 13.7. The predicted molar refractivity (Wildman–Crippen MR) is 91.0 cm³/mol. The van der Waals surface area contributed by atoms with Gasteiger partial charge >= 0.3 is 0 Å². The van der Waals surface area contributed by atoms with E-state index in [2.05, 4.69) is 5.10 Å². The van der Waals surface area contributed by atoms with Gasteiger partial charge in [0.05, 0.1) is 12.2 Å². The van der Waals surface area contributed by atoms with Crippen molar-refractivity contribution in [3.05, 3.63) is 77.6 Å². The molecule has 1 aliphatic rings. The normalized spacial score (nSPS) is 13.6. The molecular formula is C19H15F2N3O2. The quantitative estimate of drug-likeness (QED) is 0.721. The number of benzene rings is 2. The van der Waals surface area contributed by atoms with Crippen LogP contribution in [0, 0.1) is 11.6 Å². The van der Waals surface area contributed by atoms with E-state index in [0.717, 1.165) is 12.1 Å². The zero-order valence-corrected chi connectivity index (χ0v) is 13.7. The second-order valence-corrected chi connectivity index (χ2v) is 5.90. The van der Waals surface area contributed by atoms with E-state index >= 15 is 0 Å². The lowest BCUT2D eigenvalue weighted by molar-refractivity contribution is 0.0961. The molecule has 7 heteroatoms. The maximum atomic E-state index is 14.0. The number of ether oxygens (including phenoxy) is 1. The Morgan fingerprint density at radius 2 is 1.85 bits per heavy atom. The van der Waals surface area contributed by atoms with Gasteiger partial charge in [-0.25, -0.2) is 8.78 Å². The average molecular weight is 355 g/mol. The van der Waals surface area contributed by atoms with Crippen LogP contribution in [0.1, 0.15) is 16.2 Å². The lowest BCUT2D eigenvalue weighted by Crippen LogP contribution is -2.40. The molecule has 1 aromatic heterocycles. The first-order valence-corrected chi connectivity index (χ1v) is 8.13. The van der Waals surface area contributed by atoms with Gasteiger partial charge < -0.3 is 9.64 Å². The highest BCUT2D eigenvalue weighted by molar-refractivity contribution is 6.05. The summed E-state index contributed by atoms with van der Waals surface area (Å²) >= 11 is 0. The van der Waals surface area contributed by atoms with Gasteiger partial charge in [0.1, 0.15) is 35.4 Å². The summed E-state index contributed by atoms with van der Waals surface area (Å²) in [5, 5.41) is 4.37. The van der Waals surface area contributed by atoms with E-state index in [9.17, 15) is 13.6 Å². The Morgan fingerprint density at radius 3 is 2.62 bits per heavy atom. The van der Waals surface area contributed by atoms with Gasteiger partial charge in [0, 0.05) is 12.6 Å². The molecule has 2 heterocycles. The Hall–Kier alpha value is -3.22. The Bertz CT molecular complexity index is 957. The average Bonchev–Trinajstić information content (AvgIpc) is 3.06. The number of halogens is 2. The molecule has 26 heavy (non-hydrogen) atoms. The molecule has 2 aromatic carbocycles. The topological polar surface area (TPSA) is 47.4 Å². The molecule has 0 aliphatic carbocycles. The van der Waals surface area contributed by atoms with E-state index in [-0.39, 0.29) is 24.7 Å². The van der Waals surface area contributed by atoms with Gasteiger partial charge in [-0.15, -0.1) is 0 Å². The molecule has 0 radical (unpaired) electrons. The fraction of sp³-hybridized carbons (Fsp3) is 0.158. The summed E-state index contributed by atoms with van der Waals surface area (Å²) < 4.78 is 34.4. The summed E-state index contributed by atoms with van der Waals surface area (Å²) in [6, 6.07) is 14.1. The van der Waals surface area contributed by atoms with Crippen LogP contribution in [0.2, 0.25) is 0 Å². The predicted octanol–water partition coefficient (Wildman–Crippen LogP) is 3.40. The third kappa shape index (κ3) is 3.03. The second kappa shape index (κ2) is 6.59. The van der Waals surface area contributed by atoms with Crippen LogP contribution < -0.4 is 9.64 Å². The van der Waals surface area contributed by atoms with E-state index in [1.807, 2.05) is 30.3 Å². The molecule has 0 atom stereocenters. The number of aromatic nitrogens is 2. The van der Waals surface area contributed by atoms with Crippen molar-refractivity contribution >= 4 is 11.6 Å². The van der Waals surface area contributed by atoms with Crippen molar-refractivity contribution in [2.45, 2.75) is 13.2 Å². The van der Waals surface area contributed by atoms with Crippen molar-refractivity contribution in [1.82, 2.24) is 9.78 Å². The third-order valence-corrected chi connectivity index (χ3v) is 4.16. The Labute approximate surface area is 148 Å². The molecule has 132 valence electrons. The van der Waals surface area contributed by atoms with Crippen LogP contribution >= 0.6 is 0 Å². The second-order valence-electron chi connectivity index (χ2n) is 5.90. The first kappa shape index (κ1) is 16.3. The lowest BCUT2D eigenvalue weighted by atomic mass is 10.2. The number of para-hydroxylation sites is 1. The summed E-state index contributed by atoms with van der Waals surface area (Å²) in [4.78, 5) is 14.0. The van der Waals surface area contributed by atoms with E-state index in [1.165, 1.54) is 11.0 Å². The molecule has 5 nitrogen and oxygen atoms in total. The summed E-state index contributed by atoms with van der Waals surface area (Å²) in [6.45, 7) is 0.903. The first-order valence-electron chi connectivity index (χ1n) is 8.13. The molecule has 0 saturated heterocycles. The van der Waals surface area contributed by atoms with Crippen molar-refractivity contribution in [1.29, 1.82) is 0 Å². The maximum absolute atomic E-state index is 14.0. The summed E-state index contributed by atoms with van der Waals surface area (Å²) in [5.74, 6) is -1.11. The number of fused-ring (bicyclic) bond motifs is 1. The SMILES string of the molecule is O=C1c2cc(COc3ccccc3)nn2CCN1c1ccc(F)cc1F. The molecule has 1 aliphatic heterocycles. The number of anilines is 1. The van der Waals surface area contributed by atoms with Gasteiger partial charge in [-0.1, -0.05) is 18.2 Å². The van der Waals surface area contributed by atoms with Gasteiger partial charge in [-0.2, -0.15) is 5.10 Å². The molecule has 0 N–H and O–H groups in total. The number of hydrogen-bond acceptors (Lipinski definition) is 3. The minimum absolute atomic E-state index is 0.0611. The van der Waals surface area contributed by atoms with Crippen LogP contribution in [-0.4, -0.2) is 22.2 Å². The van der Waals surface area contributed by atoms with Gasteiger partial charge in [-0.05, 0) is 30.3 Å². The molecular weight excluding hydrogens is 340 g/mol. The molecule has 1 amide bonds. The van der Waals surface area contributed by atoms with Gasteiger partial charge in [0.2, 0.25) is 0 Å². The highest BCUT2D eigenvalue weighted by Crippen LogP contribution is 2.25. The van der Waals surface area contributed by atoms with Crippen molar-refractivity contribution in [2.24, 2.45) is 0 Å². The van der Waals surface area contributed by atoms with Gasteiger partial charge in [-0.3, -0.25) is 9.48 Å². The number of amides is 1. The standard InChI is InChI=1S/C19H15F2N3O2/c20-13-6-7-17(16(21)10-13)23-8-9-24-18(19(23)25)11-14(22-24)12-26-15-4-2-1-3-5-15/h1-7,10-11H,8-9,12H2. The fourth-order valence-corrected chi connectivity index (χ4v) is 2.92. The zero-order chi connectivity index (χ0) is 18.1. The van der Waals surface area contributed by atoms with Crippen molar-refractivity contribution in [2.75, 3.05) is 11.4 Å². The number of rotatable bonds is 4. The number of nitrogens with zero attached hydrogens (tertiary/aromatic N) is 3. The summed E-state index contributed by atoms with van der Waals surface area (Å²) in [6.07, 6.45) is 0. The third-order valence-electron chi connectivity index (χ3n) is 4.16. The van der Waals surface area contributed by atoms with E-state index in [4.69, 9.17) is 4.74 Å². The van der Waals surface area contributed by atoms with Crippen LogP contribution in [0.15, 0.2) is 54.6 Å². The molecule has 0 fully saturated rings. The fourth-order valence-electron chi connectivity index (χ4n) is 2.92. The van der Waals surface area contributed by atoms with Crippen LogP contribution in [-0.2, 0) is 13.2 Å². The van der Waals surface area contributed by atoms with Crippen LogP contribution in [0.25, 0.3) is 0 Å². The largest absolute Gasteiger partial charge is 0.487 e. The van der Waals surface area contributed by atoms with Gasteiger partial charge in [0.25, 0.3) is 5.91 Å². The van der Waals surface area contributed by atoms with E-state index in [1.54, 1.807) is 10.7 Å². The van der Waals surface area contributed by atoms with Crippen LogP contribution in [0.3, 0.4) is 0 Å². The number of carbonyl (C=O) groups excluding carboxylic acids is 1. The Morgan fingerprint density at radius 1 is 1.04 bits per heavy atom. The van der Waals surface area contributed by atoms with Crippen molar-refractivity contribution in [3.63, 3.8) is 0 Å². The Balaban J connectivity index is 1.54. The summed E-state index contributed by atoms with van der Waals surface area (Å²) in [7, 11) is 0. The Kier molecular flexibility index (Phi) is 4.12. The highest BCUT2D eigenvalue weighted by atomic mass is 19.1. The van der Waals surface area contributed by atoms with Crippen LogP contribution in [0.5, 0.6) is 5.75 Å². The highest BCUT2D eigenvalue weighted by Gasteiger charge is 2.29. The maximum Gasteiger partial charge on any atom is 0.276 e. The van der Waals surface area contributed by atoms with Crippen molar-refractivity contribution < 1.29 is 18.3 Å². The molecule has 0 spiro atoms. The molecule has 0 saturated carbocycles. The molecule has 4 rings (SSSR count). The van der Waals surface area contributed by atoms with Crippen molar-refractivity contribution in [3.8, 4) is 5.75 Å². The first-order chi connectivity index (χ1) is 12.6. The number of carbonyl (C=O) groups is 1. The molecule has 3 aromatic rings. The number of hydrogen-bond donors (Lipinski definition) is 0.